The molecule has 0 unspecified atom stereocenters. The normalized spacial score (nSPS) is 11.1. The van der Waals surface area contributed by atoms with Crippen molar-refractivity contribution in [3.8, 4) is 22.3 Å². The van der Waals surface area contributed by atoms with Crippen LogP contribution in [0.1, 0.15) is 37.8 Å². The molecule has 4 nitrogen and oxygen atoms in total. The van der Waals surface area contributed by atoms with E-state index in [9.17, 15) is 4.79 Å². The Morgan fingerprint density at radius 1 is 0.839 bits per heavy atom. The van der Waals surface area contributed by atoms with Gasteiger partial charge in [-0.3, -0.25) is 0 Å². The van der Waals surface area contributed by atoms with Gasteiger partial charge in [-0.2, -0.15) is 0 Å². The maximum Gasteiger partial charge on any atom is 0.419 e. The molecule has 0 fully saturated rings. The third-order valence-electron chi connectivity index (χ3n) is 5.71. The Kier molecular flexibility index (Phi) is 6.17. The Balaban J connectivity index is 2.04. The zero-order chi connectivity index (χ0) is 21.8. The minimum atomic E-state index is -0.436. The number of aromatic nitrogens is 2. The predicted molar refractivity (Wildman–Crippen MR) is 126 cm³/mol. The van der Waals surface area contributed by atoms with Crippen LogP contribution in [-0.4, -0.2) is 22.8 Å². The molecular weight excluding hydrogens is 384 g/mol. The van der Waals surface area contributed by atoms with Crippen molar-refractivity contribution in [3.05, 3.63) is 78.1 Å². The van der Waals surface area contributed by atoms with E-state index in [4.69, 9.17) is 4.74 Å². The summed E-state index contributed by atoms with van der Waals surface area (Å²) in [6.07, 6.45) is 5.27. The van der Waals surface area contributed by atoms with Gasteiger partial charge in [0.25, 0.3) is 0 Å². The Morgan fingerprint density at radius 2 is 1.39 bits per heavy atom. The van der Waals surface area contributed by atoms with Crippen LogP contribution in [-0.2, 0) is 17.6 Å². The number of methoxy groups -OCH3 is 1. The highest BCUT2D eigenvalue weighted by atomic mass is 16.5. The van der Waals surface area contributed by atoms with Gasteiger partial charge in [-0.25, -0.2) is 14.3 Å². The van der Waals surface area contributed by atoms with Crippen LogP contribution in [0.25, 0.3) is 33.3 Å². The second-order valence-electron chi connectivity index (χ2n) is 7.79. The number of benzene rings is 3. The number of carbonyl (C=O) groups is 1. The lowest BCUT2D eigenvalue weighted by atomic mass is 9.87. The van der Waals surface area contributed by atoms with E-state index < -0.39 is 6.09 Å². The van der Waals surface area contributed by atoms with Gasteiger partial charge in [0.2, 0.25) is 0 Å². The molecule has 0 aliphatic rings. The fourth-order valence-corrected chi connectivity index (χ4v) is 4.29. The number of hydrogen-bond acceptors (Lipinski definition) is 3. The van der Waals surface area contributed by atoms with E-state index in [0.717, 1.165) is 47.8 Å². The minimum absolute atomic E-state index is 0.436. The van der Waals surface area contributed by atoms with Crippen LogP contribution in [0.3, 0.4) is 0 Å². The van der Waals surface area contributed by atoms with Gasteiger partial charge in [0.05, 0.1) is 18.1 Å². The van der Waals surface area contributed by atoms with Gasteiger partial charge in [-0.05, 0) is 58.4 Å². The molecule has 0 aliphatic heterocycles. The molecule has 1 heterocycles. The molecule has 0 atom stereocenters. The molecular formula is C27H28N2O2. The maximum atomic E-state index is 12.3. The van der Waals surface area contributed by atoms with Crippen molar-refractivity contribution < 1.29 is 9.53 Å². The van der Waals surface area contributed by atoms with Gasteiger partial charge in [-0.1, -0.05) is 75.2 Å². The molecule has 0 amide bonds. The van der Waals surface area contributed by atoms with Crippen molar-refractivity contribution in [2.24, 2.45) is 0 Å². The third-order valence-corrected chi connectivity index (χ3v) is 5.71. The molecule has 0 saturated carbocycles. The lowest BCUT2D eigenvalue weighted by molar-refractivity contribution is 0.174. The van der Waals surface area contributed by atoms with Crippen molar-refractivity contribution in [1.29, 1.82) is 0 Å². The molecule has 0 radical (unpaired) electrons. The molecule has 0 aliphatic carbocycles. The van der Waals surface area contributed by atoms with Crippen LogP contribution in [0.2, 0.25) is 0 Å². The van der Waals surface area contributed by atoms with E-state index in [-0.39, 0.29) is 0 Å². The van der Waals surface area contributed by atoms with E-state index in [0.29, 0.717) is 0 Å². The zero-order valence-corrected chi connectivity index (χ0v) is 18.4. The predicted octanol–water partition coefficient (Wildman–Crippen LogP) is 6.89. The SMILES string of the molecule is CCCc1ccccc1-c1cc2ncn(C(=O)OC)c2cc1-c1ccccc1CCC. The largest absolute Gasteiger partial charge is 0.452 e. The van der Waals surface area contributed by atoms with E-state index in [2.05, 4.69) is 79.5 Å². The summed E-state index contributed by atoms with van der Waals surface area (Å²) in [4.78, 5) is 16.8. The van der Waals surface area contributed by atoms with E-state index in [1.807, 2.05) is 0 Å². The topological polar surface area (TPSA) is 44.1 Å². The molecule has 1 aromatic heterocycles. The van der Waals surface area contributed by atoms with Crippen molar-refractivity contribution in [1.82, 2.24) is 9.55 Å². The molecule has 158 valence electrons. The first-order valence-corrected chi connectivity index (χ1v) is 10.9. The van der Waals surface area contributed by atoms with Gasteiger partial charge in [0.15, 0.2) is 0 Å². The first-order chi connectivity index (χ1) is 15.2. The molecule has 4 rings (SSSR count). The second kappa shape index (κ2) is 9.17. The van der Waals surface area contributed by atoms with Crippen molar-refractivity contribution in [2.75, 3.05) is 7.11 Å². The van der Waals surface area contributed by atoms with Gasteiger partial charge >= 0.3 is 6.09 Å². The number of nitrogens with zero attached hydrogens (tertiary/aromatic N) is 2. The van der Waals surface area contributed by atoms with Crippen molar-refractivity contribution in [3.63, 3.8) is 0 Å². The van der Waals surface area contributed by atoms with Crippen molar-refractivity contribution >= 4 is 17.1 Å². The molecule has 0 N–H and O–H groups in total. The van der Waals surface area contributed by atoms with Gasteiger partial charge < -0.3 is 4.74 Å². The number of hydrogen-bond donors (Lipinski definition) is 0. The van der Waals surface area contributed by atoms with Crippen LogP contribution in [0.5, 0.6) is 0 Å². The monoisotopic (exact) mass is 412 g/mol. The number of rotatable bonds is 6. The molecule has 31 heavy (non-hydrogen) atoms. The fourth-order valence-electron chi connectivity index (χ4n) is 4.29. The summed E-state index contributed by atoms with van der Waals surface area (Å²) >= 11 is 0. The first-order valence-electron chi connectivity index (χ1n) is 10.9. The van der Waals surface area contributed by atoms with E-state index in [1.54, 1.807) is 6.33 Å². The highest BCUT2D eigenvalue weighted by molar-refractivity contribution is 5.97. The van der Waals surface area contributed by atoms with Gasteiger partial charge in [0.1, 0.15) is 6.33 Å². The smallest absolute Gasteiger partial charge is 0.419 e. The lowest BCUT2D eigenvalue weighted by Crippen LogP contribution is -2.09. The molecule has 3 aromatic carbocycles. The summed E-state index contributed by atoms with van der Waals surface area (Å²) in [6, 6.07) is 21.3. The fraction of sp³-hybridized carbons (Fsp3) is 0.259. The van der Waals surface area contributed by atoms with Crippen LogP contribution in [0, 0.1) is 0 Å². The summed E-state index contributed by atoms with van der Waals surface area (Å²) in [5, 5.41) is 0. The highest BCUT2D eigenvalue weighted by Crippen LogP contribution is 2.39. The average molecular weight is 413 g/mol. The minimum Gasteiger partial charge on any atom is -0.452 e. The second-order valence-corrected chi connectivity index (χ2v) is 7.79. The summed E-state index contributed by atoms with van der Waals surface area (Å²) in [5.41, 5.74) is 8.85. The third kappa shape index (κ3) is 3.98. The summed E-state index contributed by atoms with van der Waals surface area (Å²) in [5.74, 6) is 0. The Bertz CT molecular complexity index is 1220. The first kappa shape index (κ1) is 20.9. The quantitative estimate of drug-likeness (QED) is 0.346. The highest BCUT2D eigenvalue weighted by Gasteiger charge is 2.18. The Labute approximate surface area is 183 Å². The number of ether oxygens (including phenoxy) is 1. The maximum absolute atomic E-state index is 12.3. The van der Waals surface area contributed by atoms with Gasteiger partial charge in [0, 0.05) is 0 Å². The molecule has 4 heteroatoms. The van der Waals surface area contributed by atoms with Gasteiger partial charge in [-0.15, -0.1) is 0 Å². The van der Waals surface area contributed by atoms with E-state index in [1.165, 1.54) is 33.9 Å². The molecule has 0 spiro atoms. The summed E-state index contributed by atoms with van der Waals surface area (Å²) in [6.45, 7) is 4.40. The summed E-state index contributed by atoms with van der Waals surface area (Å²) in [7, 11) is 1.39. The average Bonchev–Trinajstić information content (AvgIpc) is 3.22. The van der Waals surface area contributed by atoms with Crippen LogP contribution in [0.15, 0.2) is 67.0 Å². The molecule has 0 bridgehead atoms. The number of carbonyl (C=O) groups excluding carboxylic acids is 1. The van der Waals surface area contributed by atoms with E-state index >= 15 is 0 Å². The van der Waals surface area contributed by atoms with Crippen molar-refractivity contribution in [2.45, 2.75) is 39.5 Å². The Hall–Kier alpha value is -3.40. The molecule has 4 aromatic rings. The summed E-state index contributed by atoms with van der Waals surface area (Å²) < 4.78 is 6.44. The van der Waals surface area contributed by atoms with Crippen LogP contribution in [0.4, 0.5) is 4.79 Å². The number of imidazole rings is 1. The standard InChI is InChI=1S/C27H28N2O2/c1-4-10-19-12-6-8-14-21(19)23-16-25-26(29(18-28-25)27(30)31-3)17-24(23)22-15-9-7-13-20(22)11-5-2/h6-9,12-18H,4-5,10-11H2,1-3H3. The molecule has 0 saturated heterocycles. The zero-order valence-electron chi connectivity index (χ0n) is 18.4. The van der Waals surface area contributed by atoms with Crippen LogP contribution >= 0.6 is 0 Å². The Morgan fingerprint density at radius 3 is 1.94 bits per heavy atom. The number of fused-ring (bicyclic) bond motifs is 1. The number of aryl methyl sites for hydroxylation is 2. The van der Waals surface area contributed by atoms with Crippen LogP contribution < -0.4 is 0 Å². The lowest BCUT2D eigenvalue weighted by Gasteiger charge is -2.17.